The molecule has 0 aliphatic rings. The van der Waals surface area contributed by atoms with Crippen LogP contribution in [0.1, 0.15) is 11.1 Å². The average molecular weight is 891 g/mol. The van der Waals surface area contributed by atoms with Crippen molar-refractivity contribution in [3.8, 4) is 22.5 Å². The zero-order valence-electron chi connectivity index (χ0n) is 30.5. The number of nitrogens with zero attached hydrogens (tertiary/aromatic N) is 8. The predicted octanol–water partition coefficient (Wildman–Crippen LogP) is 10.2. The quantitative estimate of drug-likeness (QED) is 0.118. The van der Waals surface area contributed by atoms with Gasteiger partial charge in [0.2, 0.25) is 0 Å². The van der Waals surface area contributed by atoms with Gasteiger partial charge in [-0.1, -0.05) is 71.7 Å². The number of rotatable bonds is 6. The first-order valence-electron chi connectivity index (χ1n) is 17.8. The minimum absolute atomic E-state index is 0.291. The summed E-state index contributed by atoms with van der Waals surface area (Å²) in [5.41, 5.74) is 13.4. The first-order valence-corrected chi connectivity index (χ1v) is 19.4. The molecule has 292 valence electrons. The number of H-pyrrole nitrogens is 2. The Morgan fingerprint density at radius 2 is 1.14 bits per heavy atom. The molecule has 59 heavy (non-hydrogen) atoms. The van der Waals surface area contributed by atoms with E-state index in [1.807, 2.05) is 36.4 Å². The Balaban J connectivity index is 0.000000138. The van der Waals surface area contributed by atoms with Crippen LogP contribution in [-0.4, -0.2) is 49.8 Å². The molecule has 0 bridgehead atoms. The number of aromatic amines is 2. The molecule has 0 amide bonds. The van der Waals surface area contributed by atoms with Gasteiger partial charge in [-0.2, -0.15) is 0 Å². The number of imidazole rings is 2. The van der Waals surface area contributed by atoms with Crippen molar-refractivity contribution in [2.45, 2.75) is 13.1 Å². The molecule has 0 fully saturated rings. The number of aromatic nitrogens is 10. The molecule has 6 heterocycles. The number of nitrogens with one attached hydrogen (secondary N) is 3. The summed E-state index contributed by atoms with van der Waals surface area (Å²) in [5, 5.41) is 6.13. The first kappa shape index (κ1) is 39.3. The van der Waals surface area contributed by atoms with E-state index in [2.05, 4.69) is 66.1 Å². The monoisotopic (exact) mass is 888 g/mol. The van der Waals surface area contributed by atoms with Crippen molar-refractivity contribution in [2.24, 2.45) is 5.73 Å². The lowest BCUT2D eigenvalue weighted by Crippen LogP contribution is -2.06. The largest absolute Gasteiger partial charge is 0.364 e. The minimum atomic E-state index is -0.342. The number of benzene rings is 4. The molecule has 0 spiro atoms. The lowest BCUT2D eigenvalue weighted by Gasteiger charge is -2.14. The van der Waals surface area contributed by atoms with E-state index >= 15 is 0 Å². The number of halogens is 5. The van der Waals surface area contributed by atoms with Gasteiger partial charge in [0.15, 0.2) is 17.1 Å². The Kier molecular flexibility index (Phi) is 11.7. The first-order chi connectivity index (χ1) is 28.8. The van der Waals surface area contributed by atoms with Crippen LogP contribution in [0.15, 0.2) is 127 Å². The summed E-state index contributed by atoms with van der Waals surface area (Å²) in [4.78, 5) is 39.5. The second kappa shape index (κ2) is 17.5. The summed E-state index contributed by atoms with van der Waals surface area (Å²) < 4.78 is 29.3. The normalized spacial score (nSPS) is 11.0. The Hall–Kier alpha value is -6.52. The number of hydrogen-bond donors (Lipinski definition) is 4. The SMILES string of the molecule is Brc1ncnc2nc[nH]c12.Fc1ccccc1-c1nc2c(Cl)cccc2cc1CNc1ncnc2nc[nH]c12.NCc1cc2cccc(Cl)c2nc1-c1ccccc1F. The zero-order chi connectivity index (χ0) is 40.9. The topological polar surface area (TPSA) is 173 Å². The van der Waals surface area contributed by atoms with Crippen LogP contribution in [0.4, 0.5) is 14.6 Å². The fourth-order valence-corrected chi connectivity index (χ4v) is 7.12. The molecule has 0 atom stereocenters. The molecule has 0 saturated carbocycles. The maximum Gasteiger partial charge on any atom is 0.182 e. The van der Waals surface area contributed by atoms with Gasteiger partial charge in [-0.25, -0.2) is 48.7 Å². The highest BCUT2D eigenvalue weighted by atomic mass is 79.9. The van der Waals surface area contributed by atoms with E-state index in [4.69, 9.17) is 33.9 Å². The third-order valence-electron chi connectivity index (χ3n) is 9.07. The van der Waals surface area contributed by atoms with E-state index in [0.717, 1.165) is 32.0 Å². The second-order valence-corrected chi connectivity index (χ2v) is 14.3. The van der Waals surface area contributed by atoms with E-state index in [0.29, 0.717) is 79.3 Å². The number of fused-ring (bicyclic) bond motifs is 4. The molecule has 5 N–H and O–H groups in total. The van der Waals surface area contributed by atoms with Crippen molar-refractivity contribution in [3.63, 3.8) is 0 Å². The molecule has 6 aromatic heterocycles. The van der Waals surface area contributed by atoms with E-state index in [-0.39, 0.29) is 11.6 Å². The average Bonchev–Trinajstić information content (AvgIpc) is 3.95. The summed E-state index contributed by atoms with van der Waals surface area (Å²) in [6.45, 7) is 0.670. The lowest BCUT2D eigenvalue weighted by molar-refractivity contribution is 0.630. The van der Waals surface area contributed by atoms with Gasteiger partial charge in [0.25, 0.3) is 0 Å². The van der Waals surface area contributed by atoms with Crippen LogP contribution in [0.5, 0.6) is 0 Å². The Bertz CT molecular complexity index is 3110. The number of para-hydroxylation sites is 2. The molecule has 0 aliphatic heterocycles. The van der Waals surface area contributed by atoms with Crippen molar-refractivity contribution in [2.75, 3.05) is 5.32 Å². The summed E-state index contributed by atoms with van der Waals surface area (Å²) >= 11 is 15.8. The molecule has 0 unspecified atom stereocenters. The Morgan fingerprint density at radius 3 is 1.71 bits per heavy atom. The molecular weight excluding hydrogens is 861 g/mol. The third kappa shape index (κ3) is 8.40. The second-order valence-electron chi connectivity index (χ2n) is 12.7. The smallest absolute Gasteiger partial charge is 0.182 e. The number of anilines is 1. The summed E-state index contributed by atoms with van der Waals surface area (Å²) in [6, 6.07) is 28.1. The zero-order valence-corrected chi connectivity index (χ0v) is 33.6. The summed E-state index contributed by atoms with van der Waals surface area (Å²) in [7, 11) is 0. The molecule has 0 radical (unpaired) electrons. The molecule has 10 aromatic rings. The van der Waals surface area contributed by atoms with Crippen molar-refractivity contribution in [1.82, 2.24) is 49.8 Å². The van der Waals surface area contributed by atoms with Crippen LogP contribution in [0.2, 0.25) is 10.0 Å². The molecular formula is C42H29BrCl2F2N12. The van der Waals surface area contributed by atoms with Crippen molar-refractivity contribution < 1.29 is 8.78 Å². The van der Waals surface area contributed by atoms with Crippen LogP contribution in [0.3, 0.4) is 0 Å². The van der Waals surface area contributed by atoms with Gasteiger partial charge in [0, 0.05) is 35.0 Å². The van der Waals surface area contributed by atoms with E-state index in [1.165, 1.54) is 24.8 Å². The van der Waals surface area contributed by atoms with Crippen molar-refractivity contribution in [1.29, 1.82) is 0 Å². The molecule has 12 nitrogen and oxygen atoms in total. The van der Waals surface area contributed by atoms with Gasteiger partial charge in [0.1, 0.15) is 39.9 Å². The fraction of sp³-hybridized carbons (Fsp3) is 0.0476. The summed E-state index contributed by atoms with van der Waals surface area (Å²) in [6.07, 6.45) is 6.06. The standard InChI is InChI=1S/C21H14ClFN6.C16H12ClFN2.C5H3BrN4/c22-15-6-3-4-12-8-13(9-24-20-19-21(26-10-25-19)28-11-27-20)17(29-18(12)15)14-5-1-2-7-16(14)23;17-13-6-3-4-10-8-11(9-19)15(20-16(10)13)12-5-1-2-7-14(12)18;6-4-3-5(9-1-7-3)10-2-8-4/h1-8,10-11H,9H2,(H2,24,25,26,27,28);1-8H,9,19H2;1-2H,(H,7,8,9,10). The molecule has 0 aliphatic carbocycles. The van der Waals surface area contributed by atoms with E-state index in [9.17, 15) is 8.78 Å². The summed E-state index contributed by atoms with van der Waals surface area (Å²) in [5.74, 6) is -0.0510. The van der Waals surface area contributed by atoms with E-state index < -0.39 is 0 Å². The van der Waals surface area contributed by atoms with Gasteiger partial charge in [-0.05, 0) is 75.6 Å². The molecule has 4 aromatic carbocycles. The highest BCUT2D eigenvalue weighted by Gasteiger charge is 2.16. The number of hydrogen-bond acceptors (Lipinski definition) is 10. The van der Waals surface area contributed by atoms with Gasteiger partial charge in [-0.3, -0.25) is 0 Å². The van der Waals surface area contributed by atoms with Crippen LogP contribution < -0.4 is 11.1 Å². The molecule has 10 rings (SSSR count). The number of pyridine rings is 2. The van der Waals surface area contributed by atoms with Gasteiger partial charge in [-0.15, -0.1) is 0 Å². The van der Waals surface area contributed by atoms with E-state index in [1.54, 1.807) is 61.2 Å². The van der Waals surface area contributed by atoms with Crippen molar-refractivity contribution in [3.05, 3.63) is 160 Å². The highest BCUT2D eigenvalue weighted by molar-refractivity contribution is 9.10. The van der Waals surface area contributed by atoms with Gasteiger partial charge in [0.05, 0.1) is 45.1 Å². The van der Waals surface area contributed by atoms with Crippen molar-refractivity contribution >= 4 is 89.1 Å². The third-order valence-corrected chi connectivity index (χ3v) is 10.3. The number of nitrogens with two attached hydrogens (primary N) is 1. The fourth-order valence-electron chi connectivity index (χ4n) is 6.29. The highest BCUT2D eigenvalue weighted by Crippen LogP contribution is 2.32. The predicted molar refractivity (Wildman–Crippen MR) is 231 cm³/mol. The van der Waals surface area contributed by atoms with Crippen LogP contribution in [-0.2, 0) is 13.1 Å². The van der Waals surface area contributed by atoms with Gasteiger partial charge >= 0.3 is 0 Å². The lowest BCUT2D eigenvalue weighted by atomic mass is 10.0. The van der Waals surface area contributed by atoms with Crippen LogP contribution >= 0.6 is 39.1 Å². The Labute approximate surface area is 352 Å². The van der Waals surface area contributed by atoms with Crippen LogP contribution in [0.25, 0.3) is 66.6 Å². The Morgan fingerprint density at radius 1 is 0.610 bits per heavy atom. The maximum absolute atomic E-state index is 14.6. The molecule has 0 saturated heterocycles. The molecule has 17 heteroatoms. The van der Waals surface area contributed by atoms with Gasteiger partial charge < -0.3 is 21.0 Å². The van der Waals surface area contributed by atoms with Crippen LogP contribution in [0, 0.1) is 11.6 Å². The maximum atomic E-state index is 14.6. The minimum Gasteiger partial charge on any atom is -0.364 e.